The van der Waals surface area contributed by atoms with Crippen LogP contribution in [0.3, 0.4) is 0 Å². The van der Waals surface area contributed by atoms with Crippen molar-refractivity contribution in [3.63, 3.8) is 0 Å². The minimum atomic E-state index is -1.32. The summed E-state index contributed by atoms with van der Waals surface area (Å²) < 4.78 is 0. The van der Waals surface area contributed by atoms with Gasteiger partial charge in [0.15, 0.2) is 0 Å². The molecule has 0 fully saturated rings. The van der Waals surface area contributed by atoms with E-state index in [1.165, 1.54) is 11.8 Å². The van der Waals surface area contributed by atoms with Crippen molar-refractivity contribution in [2.24, 2.45) is 23.3 Å². The Morgan fingerprint density at radius 3 is 1.84 bits per heavy atom. The predicted molar refractivity (Wildman–Crippen MR) is 118 cm³/mol. The number of nitrogens with two attached hydrogens (primary N) is 2. The number of primary amides is 1. The van der Waals surface area contributed by atoms with Crippen LogP contribution < -0.4 is 27.4 Å². The van der Waals surface area contributed by atoms with Crippen LogP contribution in [0, 0.1) is 11.8 Å². The highest BCUT2D eigenvalue weighted by Gasteiger charge is 2.32. The Morgan fingerprint density at radius 2 is 1.42 bits per heavy atom. The lowest BCUT2D eigenvalue weighted by Gasteiger charge is -2.27. The molecule has 31 heavy (non-hydrogen) atoms. The molecule has 12 heteroatoms. The summed E-state index contributed by atoms with van der Waals surface area (Å²) in [6.07, 6.45) is 1.55. The molecule has 0 aliphatic heterocycles. The van der Waals surface area contributed by atoms with Crippen molar-refractivity contribution in [3.05, 3.63) is 0 Å². The van der Waals surface area contributed by atoms with Crippen LogP contribution in [-0.4, -0.2) is 70.9 Å². The molecule has 0 saturated carbocycles. The van der Waals surface area contributed by atoms with Crippen molar-refractivity contribution >= 4 is 41.4 Å². The number of rotatable bonds is 14. The molecule has 0 bridgehead atoms. The van der Waals surface area contributed by atoms with Crippen LogP contribution in [0.15, 0.2) is 0 Å². The molecule has 0 spiro atoms. The Bertz CT molecular complexity index is 658. The summed E-state index contributed by atoms with van der Waals surface area (Å²) in [4.78, 5) is 60.4. The van der Waals surface area contributed by atoms with Crippen molar-refractivity contribution in [2.45, 2.75) is 64.7 Å². The van der Waals surface area contributed by atoms with Crippen molar-refractivity contribution in [1.82, 2.24) is 16.0 Å². The number of amides is 4. The lowest BCUT2D eigenvalue weighted by atomic mass is 10.0. The summed E-state index contributed by atoms with van der Waals surface area (Å²) in [5.41, 5.74) is 11.0. The number of carbonyl (C=O) groups excluding carboxylic acids is 4. The molecule has 0 aromatic carbocycles. The van der Waals surface area contributed by atoms with Gasteiger partial charge >= 0.3 is 5.97 Å². The van der Waals surface area contributed by atoms with Crippen molar-refractivity contribution in [2.75, 3.05) is 12.0 Å². The van der Waals surface area contributed by atoms with Gasteiger partial charge in [0.2, 0.25) is 23.6 Å². The Balaban J connectivity index is 5.41. The minimum Gasteiger partial charge on any atom is -0.480 e. The fourth-order valence-electron chi connectivity index (χ4n) is 2.52. The van der Waals surface area contributed by atoms with Gasteiger partial charge in [-0.2, -0.15) is 11.8 Å². The van der Waals surface area contributed by atoms with Crippen LogP contribution in [-0.2, 0) is 24.0 Å². The van der Waals surface area contributed by atoms with Crippen molar-refractivity contribution in [1.29, 1.82) is 0 Å². The molecule has 8 N–H and O–H groups in total. The third-order valence-electron chi connectivity index (χ3n) is 4.53. The second-order valence-corrected chi connectivity index (χ2v) is 8.90. The highest BCUT2D eigenvalue weighted by molar-refractivity contribution is 7.98. The SMILES string of the molecule is CSCCC(NC(=O)C(NC(=O)C(CC(N)=O)NC(=O)C(N)C(C)C)C(C)C)C(=O)O. The average Bonchev–Trinajstić information content (AvgIpc) is 2.66. The standard InChI is InChI=1S/C19H35N5O6S/c1-9(2)14(21)17(27)23-12(8-13(20)25)16(26)24-15(10(3)4)18(28)22-11(19(29)30)6-7-31-5/h9-12,14-15H,6-8,21H2,1-5H3,(H2,20,25)(H,22,28)(H,23,27)(H,24,26)(H,29,30). The van der Waals surface area contributed by atoms with Gasteiger partial charge in [0.25, 0.3) is 0 Å². The molecule has 4 atom stereocenters. The van der Waals surface area contributed by atoms with E-state index >= 15 is 0 Å². The summed E-state index contributed by atoms with van der Waals surface area (Å²) in [5, 5.41) is 16.6. The van der Waals surface area contributed by atoms with E-state index in [1.807, 2.05) is 6.26 Å². The van der Waals surface area contributed by atoms with Gasteiger partial charge in [-0.3, -0.25) is 19.2 Å². The van der Waals surface area contributed by atoms with Gasteiger partial charge in [-0.15, -0.1) is 0 Å². The maximum absolute atomic E-state index is 12.7. The number of aliphatic carboxylic acids is 1. The average molecular weight is 462 g/mol. The van der Waals surface area contributed by atoms with Crippen LogP contribution in [0.1, 0.15) is 40.5 Å². The number of hydrogen-bond donors (Lipinski definition) is 6. The number of thioether (sulfide) groups is 1. The zero-order chi connectivity index (χ0) is 24.3. The van der Waals surface area contributed by atoms with Crippen molar-refractivity contribution in [3.8, 4) is 0 Å². The van der Waals surface area contributed by atoms with E-state index in [4.69, 9.17) is 11.5 Å². The van der Waals surface area contributed by atoms with E-state index in [1.54, 1.807) is 27.7 Å². The fourth-order valence-corrected chi connectivity index (χ4v) is 3.00. The van der Waals surface area contributed by atoms with Gasteiger partial charge in [-0.1, -0.05) is 27.7 Å². The highest BCUT2D eigenvalue weighted by Crippen LogP contribution is 2.07. The van der Waals surface area contributed by atoms with Gasteiger partial charge in [-0.25, -0.2) is 4.79 Å². The molecule has 4 amide bonds. The number of hydrogen-bond acceptors (Lipinski definition) is 7. The van der Waals surface area contributed by atoms with Gasteiger partial charge in [0, 0.05) is 0 Å². The monoisotopic (exact) mass is 461 g/mol. The molecular formula is C19H35N5O6S. The molecule has 0 aliphatic carbocycles. The van der Waals surface area contributed by atoms with Crippen molar-refractivity contribution < 1.29 is 29.1 Å². The molecule has 4 unspecified atom stereocenters. The van der Waals surface area contributed by atoms with Gasteiger partial charge in [-0.05, 0) is 30.3 Å². The Labute approximate surface area is 186 Å². The molecule has 0 aromatic rings. The molecule has 0 radical (unpaired) electrons. The van der Waals surface area contributed by atoms with Crippen LogP contribution in [0.4, 0.5) is 0 Å². The Kier molecular flexibility index (Phi) is 12.8. The molecule has 0 rings (SSSR count). The number of nitrogens with one attached hydrogen (secondary N) is 3. The third-order valence-corrected chi connectivity index (χ3v) is 5.18. The maximum atomic E-state index is 12.7. The number of carboxylic acid groups (broad SMARTS) is 1. The summed E-state index contributed by atoms with van der Waals surface area (Å²) in [5.74, 6) is -4.20. The molecular weight excluding hydrogens is 426 g/mol. The number of carbonyl (C=O) groups is 5. The fraction of sp³-hybridized carbons (Fsp3) is 0.737. The summed E-state index contributed by atoms with van der Waals surface area (Å²) in [7, 11) is 0. The highest BCUT2D eigenvalue weighted by atomic mass is 32.2. The van der Waals surface area contributed by atoms with E-state index in [9.17, 15) is 29.1 Å². The quantitative estimate of drug-likeness (QED) is 0.185. The molecule has 0 heterocycles. The predicted octanol–water partition coefficient (Wildman–Crippen LogP) is -1.21. The van der Waals surface area contributed by atoms with E-state index < -0.39 is 66.1 Å². The molecule has 0 saturated heterocycles. The van der Waals surface area contributed by atoms with Gasteiger partial charge in [0.05, 0.1) is 12.5 Å². The summed E-state index contributed by atoms with van der Waals surface area (Å²) >= 11 is 1.44. The van der Waals surface area contributed by atoms with E-state index in [-0.39, 0.29) is 12.3 Å². The van der Waals surface area contributed by atoms with Gasteiger partial charge < -0.3 is 32.5 Å². The van der Waals surface area contributed by atoms with Crippen LogP contribution >= 0.6 is 11.8 Å². The van der Waals surface area contributed by atoms with E-state index in [0.717, 1.165) is 0 Å². The molecule has 11 nitrogen and oxygen atoms in total. The Hall–Kier alpha value is -2.34. The first-order valence-corrected chi connectivity index (χ1v) is 11.4. The third kappa shape index (κ3) is 10.5. The largest absolute Gasteiger partial charge is 0.480 e. The summed E-state index contributed by atoms with van der Waals surface area (Å²) in [6, 6.07) is -4.42. The topological polar surface area (TPSA) is 194 Å². The summed E-state index contributed by atoms with van der Waals surface area (Å²) in [6.45, 7) is 6.78. The second-order valence-electron chi connectivity index (χ2n) is 7.91. The maximum Gasteiger partial charge on any atom is 0.326 e. The zero-order valence-corrected chi connectivity index (χ0v) is 19.5. The molecule has 0 aliphatic rings. The minimum absolute atomic E-state index is 0.208. The van der Waals surface area contributed by atoms with E-state index in [2.05, 4.69) is 16.0 Å². The zero-order valence-electron chi connectivity index (χ0n) is 18.6. The molecule has 178 valence electrons. The lowest BCUT2D eigenvalue weighted by molar-refractivity contribution is -0.142. The lowest BCUT2D eigenvalue weighted by Crippen LogP contribution is -2.59. The first-order chi connectivity index (χ1) is 14.3. The van der Waals surface area contributed by atoms with Crippen LogP contribution in [0.25, 0.3) is 0 Å². The Morgan fingerprint density at radius 1 is 0.871 bits per heavy atom. The first kappa shape index (κ1) is 28.7. The number of carboxylic acids is 1. The van der Waals surface area contributed by atoms with E-state index in [0.29, 0.717) is 5.75 Å². The van der Waals surface area contributed by atoms with Crippen LogP contribution in [0.2, 0.25) is 0 Å². The van der Waals surface area contributed by atoms with Gasteiger partial charge in [0.1, 0.15) is 18.1 Å². The first-order valence-electron chi connectivity index (χ1n) is 9.98. The second kappa shape index (κ2) is 13.9. The van der Waals surface area contributed by atoms with Crippen LogP contribution in [0.5, 0.6) is 0 Å². The smallest absolute Gasteiger partial charge is 0.326 e. The molecule has 0 aromatic heterocycles. The normalized spacial score (nSPS) is 15.0.